The number of alkyl carbamates (subject to hydrolysis) is 1. The van der Waals surface area contributed by atoms with Crippen LogP contribution in [0.4, 0.5) is 14.9 Å². The van der Waals surface area contributed by atoms with Crippen LogP contribution >= 0.6 is 0 Å². The number of benzene rings is 1. The number of aromatic nitrogens is 1. The summed E-state index contributed by atoms with van der Waals surface area (Å²) in [5, 5.41) is 8.04. The van der Waals surface area contributed by atoms with Crippen molar-refractivity contribution < 1.29 is 23.5 Å². The van der Waals surface area contributed by atoms with Crippen LogP contribution < -0.4 is 16.0 Å². The van der Waals surface area contributed by atoms with Crippen LogP contribution in [0.25, 0.3) is 11.6 Å². The number of ether oxygens (including phenoxy) is 1. The van der Waals surface area contributed by atoms with Gasteiger partial charge in [0.25, 0.3) is 11.8 Å². The summed E-state index contributed by atoms with van der Waals surface area (Å²) >= 11 is 0. The van der Waals surface area contributed by atoms with Gasteiger partial charge in [0, 0.05) is 35.7 Å². The molecule has 0 saturated heterocycles. The number of hydrogen-bond donors (Lipinski definition) is 4. The second-order valence-corrected chi connectivity index (χ2v) is 8.55. The van der Waals surface area contributed by atoms with Crippen molar-refractivity contribution in [2.45, 2.75) is 40.2 Å². The molecule has 32 heavy (non-hydrogen) atoms. The summed E-state index contributed by atoms with van der Waals surface area (Å²) in [6, 6.07) is 4.10. The number of fused-ring (bicyclic) bond motifs is 1. The van der Waals surface area contributed by atoms with E-state index in [2.05, 4.69) is 20.9 Å². The fourth-order valence-electron chi connectivity index (χ4n) is 3.45. The molecular weight excluding hydrogens is 415 g/mol. The van der Waals surface area contributed by atoms with Crippen LogP contribution in [0.2, 0.25) is 0 Å². The first-order valence-corrected chi connectivity index (χ1v) is 10.2. The predicted molar refractivity (Wildman–Crippen MR) is 120 cm³/mol. The Labute approximate surface area is 185 Å². The molecule has 0 radical (unpaired) electrons. The number of amides is 3. The maximum Gasteiger partial charge on any atom is 0.407 e. The molecule has 8 nitrogen and oxygen atoms in total. The van der Waals surface area contributed by atoms with Crippen molar-refractivity contribution in [1.82, 2.24) is 15.6 Å². The Morgan fingerprint density at radius 3 is 2.53 bits per heavy atom. The summed E-state index contributed by atoms with van der Waals surface area (Å²) in [6.07, 6.45) is 1.06. The lowest BCUT2D eigenvalue weighted by Crippen LogP contribution is -2.38. The average molecular weight is 442 g/mol. The highest BCUT2D eigenvalue weighted by atomic mass is 19.1. The molecule has 9 heteroatoms. The smallest absolute Gasteiger partial charge is 0.407 e. The molecule has 1 aliphatic heterocycles. The third-order valence-corrected chi connectivity index (χ3v) is 4.84. The van der Waals surface area contributed by atoms with Crippen LogP contribution in [-0.2, 0) is 9.53 Å². The lowest BCUT2D eigenvalue weighted by molar-refractivity contribution is -0.110. The maximum absolute atomic E-state index is 13.7. The Morgan fingerprint density at radius 1 is 1.16 bits per heavy atom. The number of rotatable bonds is 5. The number of halogens is 1. The van der Waals surface area contributed by atoms with Gasteiger partial charge in [0.15, 0.2) is 0 Å². The number of anilines is 1. The van der Waals surface area contributed by atoms with Crippen molar-refractivity contribution >= 4 is 35.2 Å². The summed E-state index contributed by atoms with van der Waals surface area (Å²) in [5.74, 6) is -1.09. The molecule has 0 fully saturated rings. The first kappa shape index (κ1) is 23.1. The van der Waals surface area contributed by atoms with Crippen molar-refractivity contribution in [1.29, 1.82) is 0 Å². The van der Waals surface area contributed by atoms with Crippen LogP contribution in [0.5, 0.6) is 0 Å². The maximum atomic E-state index is 13.7. The second-order valence-electron chi connectivity index (χ2n) is 8.55. The fraction of sp³-hybridized carbons (Fsp3) is 0.348. The number of carbonyl (C=O) groups excluding carboxylic acids is 3. The van der Waals surface area contributed by atoms with E-state index < -0.39 is 17.5 Å². The minimum Gasteiger partial charge on any atom is -0.444 e. The zero-order chi connectivity index (χ0) is 23.6. The lowest BCUT2D eigenvalue weighted by atomic mass is 10.0. The third kappa shape index (κ3) is 5.16. The largest absolute Gasteiger partial charge is 0.444 e. The SMILES string of the molecule is Cc1[nH]c(/C=C2/C(=O)Nc3ccc(F)cc32)c(C)c1C(=O)NCCNC(=O)OC(C)(C)C. The Hall–Kier alpha value is -3.62. The monoisotopic (exact) mass is 442 g/mol. The van der Waals surface area contributed by atoms with Gasteiger partial charge in [0.1, 0.15) is 11.4 Å². The molecule has 3 rings (SSSR count). The Morgan fingerprint density at radius 2 is 1.84 bits per heavy atom. The van der Waals surface area contributed by atoms with Gasteiger partial charge in [-0.25, -0.2) is 9.18 Å². The van der Waals surface area contributed by atoms with Gasteiger partial charge in [0.2, 0.25) is 0 Å². The van der Waals surface area contributed by atoms with Crippen LogP contribution in [0, 0.1) is 19.7 Å². The third-order valence-electron chi connectivity index (χ3n) is 4.84. The topological polar surface area (TPSA) is 112 Å². The Balaban J connectivity index is 1.70. The predicted octanol–water partition coefficient (Wildman–Crippen LogP) is 3.52. The van der Waals surface area contributed by atoms with E-state index in [0.717, 1.165) is 0 Å². The first-order valence-electron chi connectivity index (χ1n) is 10.2. The number of aromatic amines is 1. The highest BCUT2D eigenvalue weighted by Gasteiger charge is 2.26. The molecule has 4 N–H and O–H groups in total. The minimum atomic E-state index is -0.597. The summed E-state index contributed by atoms with van der Waals surface area (Å²) in [6.45, 7) is 9.25. The molecule has 1 aliphatic rings. The summed E-state index contributed by atoms with van der Waals surface area (Å²) in [5.41, 5.74) is 3.06. The first-order chi connectivity index (χ1) is 15.0. The van der Waals surface area contributed by atoms with Crippen LogP contribution in [0.3, 0.4) is 0 Å². The van der Waals surface area contributed by atoms with Gasteiger partial charge in [0.05, 0.1) is 11.1 Å². The van der Waals surface area contributed by atoms with Gasteiger partial charge in [-0.05, 0) is 64.5 Å². The molecule has 2 heterocycles. The highest BCUT2D eigenvalue weighted by molar-refractivity contribution is 6.34. The molecule has 0 spiro atoms. The quantitative estimate of drug-likeness (QED) is 0.419. The van der Waals surface area contributed by atoms with Crippen LogP contribution in [0.1, 0.15) is 53.6 Å². The van der Waals surface area contributed by atoms with Gasteiger partial charge < -0.3 is 25.7 Å². The molecule has 3 amide bonds. The molecule has 0 aliphatic carbocycles. The number of aryl methyl sites for hydroxylation is 1. The van der Waals surface area contributed by atoms with Crippen molar-refractivity contribution in [3.05, 3.63) is 52.1 Å². The molecule has 1 aromatic heterocycles. The Kier molecular flexibility index (Phi) is 6.38. The van der Waals surface area contributed by atoms with E-state index in [1.165, 1.54) is 18.2 Å². The molecule has 0 unspecified atom stereocenters. The van der Waals surface area contributed by atoms with Crippen molar-refractivity contribution in [2.24, 2.45) is 0 Å². The summed E-state index contributed by atoms with van der Waals surface area (Å²) in [4.78, 5) is 39.8. The van der Waals surface area contributed by atoms with Crippen LogP contribution in [-0.4, -0.2) is 41.6 Å². The van der Waals surface area contributed by atoms with Gasteiger partial charge in [-0.1, -0.05) is 0 Å². The van der Waals surface area contributed by atoms with Crippen LogP contribution in [0.15, 0.2) is 18.2 Å². The number of hydrogen-bond acceptors (Lipinski definition) is 4. The molecule has 170 valence electrons. The van der Waals surface area contributed by atoms with E-state index in [0.29, 0.717) is 39.3 Å². The van der Waals surface area contributed by atoms with Gasteiger partial charge in [-0.3, -0.25) is 9.59 Å². The van der Waals surface area contributed by atoms with E-state index in [9.17, 15) is 18.8 Å². The van der Waals surface area contributed by atoms with Crippen molar-refractivity contribution in [3.63, 3.8) is 0 Å². The number of H-pyrrole nitrogens is 1. The normalized spacial score (nSPS) is 14.2. The van der Waals surface area contributed by atoms with E-state index in [1.54, 1.807) is 40.7 Å². The van der Waals surface area contributed by atoms with E-state index in [4.69, 9.17) is 4.74 Å². The average Bonchev–Trinajstić information content (AvgIpc) is 3.13. The fourth-order valence-corrected chi connectivity index (χ4v) is 3.45. The molecule has 2 aromatic rings. The van der Waals surface area contributed by atoms with Crippen molar-refractivity contribution in [3.8, 4) is 0 Å². The van der Waals surface area contributed by atoms with Gasteiger partial charge in [-0.2, -0.15) is 0 Å². The standard InChI is InChI=1S/C23H27FN4O4/c1-12-18(11-16-15-10-14(24)6-7-17(15)28-20(16)29)27-13(2)19(12)21(30)25-8-9-26-22(31)32-23(3,4)5/h6-7,10-11,27H,8-9H2,1-5H3,(H,25,30)(H,26,31)(H,28,29)/b16-11+. The molecule has 0 atom stereocenters. The van der Waals surface area contributed by atoms with E-state index in [-0.39, 0.29) is 24.9 Å². The zero-order valence-electron chi connectivity index (χ0n) is 18.7. The summed E-state index contributed by atoms with van der Waals surface area (Å²) in [7, 11) is 0. The molecular formula is C23H27FN4O4. The van der Waals surface area contributed by atoms with Crippen molar-refractivity contribution in [2.75, 3.05) is 18.4 Å². The van der Waals surface area contributed by atoms with Gasteiger partial charge in [-0.15, -0.1) is 0 Å². The minimum absolute atomic E-state index is 0.211. The zero-order valence-corrected chi connectivity index (χ0v) is 18.7. The Bertz CT molecular complexity index is 1110. The van der Waals surface area contributed by atoms with E-state index in [1.807, 2.05) is 0 Å². The number of carbonyl (C=O) groups is 3. The second kappa shape index (κ2) is 8.86. The highest BCUT2D eigenvalue weighted by Crippen LogP contribution is 2.34. The summed E-state index contributed by atoms with van der Waals surface area (Å²) < 4.78 is 18.8. The van der Waals surface area contributed by atoms with E-state index >= 15 is 0 Å². The molecule has 0 saturated carbocycles. The number of nitrogens with one attached hydrogen (secondary N) is 4. The molecule has 1 aromatic carbocycles. The molecule has 0 bridgehead atoms. The lowest BCUT2D eigenvalue weighted by Gasteiger charge is -2.19. The van der Waals surface area contributed by atoms with Gasteiger partial charge >= 0.3 is 6.09 Å².